The van der Waals surface area contributed by atoms with Crippen LogP contribution in [0.2, 0.25) is 0 Å². The van der Waals surface area contributed by atoms with Gasteiger partial charge in [-0.25, -0.2) is 4.79 Å². The minimum atomic E-state index is -0.400. The summed E-state index contributed by atoms with van der Waals surface area (Å²) in [6, 6.07) is 13.6. The summed E-state index contributed by atoms with van der Waals surface area (Å²) in [5, 5.41) is 2.72. The molecule has 2 aromatic carbocycles. The lowest BCUT2D eigenvalue weighted by Crippen LogP contribution is -2.20. The predicted molar refractivity (Wildman–Crippen MR) is 103 cm³/mol. The Balaban J connectivity index is 1.83. The first kappa shape index (κ1) is 19.9. The molecule has 1 N–H and O–H groups in total. The van der Waals surface area contributed by atoms with Gasteiger partial charge in [-0.2, -0.15) is 0 Å². The maximum absolute atomic E-state index is 12.0. The molecule has 6 heteroatoms. The number of ether oxygens (including phenoxy) is 2. The van der Waals surface area contributed by atoms with Gasteiger partial charge in [-0.15, -0.1) is 0 Å². The minimum absolute atomic E-state index is 0.0279. The van der Waals surface area contributed by atoms with Crippen LogP contribution in [-0.2, 0) is 14.3 Å². The third-order valence-electron chi connectivity index (χ3n) is 3.52. The summed E-state index contributed by atoms with van der Waals surface area (Å²) < 4.78 is 10.2. The molecule has 0 fully saturated rings. The molecule has 2 rings (SSSR count). The van der Waals surface area contributed by atoms with Crippen molar-refractivity contribution in [3.8, 4) is 5.75 Å². The van der Waals surface area contributed by atoms with Gasteiger partial charge in [-0.3, -0.25) is 9.59 Å². The molecular formula is C21H21NO5. The molecule has 0 aliphatic heterocycles. The number of nitrogens with one attached hydrogen (secondary N) is 1. The van der Waals surface area contributed by atoms with Crippen molar-refractivity contribution < 1.29 is 23.9 Å². The SMILES string of the molecule is CCOC(=O)/C=C/c1ccc(NC(=O)COc2ccc(C(C)=O)cc2)cc1. The zero-order valence-corrected chi connectivity index (χ0v) is 15.2. The summed E-state index contributed by atoms with van der Waals surface area (Å²) in [6.07, 6.45) is 2.99. The highest BCUT2D eigenvalue weighted by molar-refractivity contribution is 5.94. The second-order valence-electron chi connectivity index (χ2n) is 5.62. The number of hydrogen-bond acceptors (Lipinski definition) is 5. The molecule has 0 heterocycles. The van der Waals surface area contributed by atoms with Crippen molar-refractivity contribution in [2.45, 2.75) is 13.8 Å². The Morgan fingerprint density at radius 1 is 1.00 bits per heavy atom. The lowest BCUT2D eigenvalue weighted by atomic mass is 10.1. The van der Waals surface area contributed by atoms with Gasteiger partial charge in [0.05, 0.1) is 6.61 Å². The first-order valence-corrected chi connectivity index (χ1v) is 8.46. The van der Waals surface area contributed by atoms with Gasteiger partial charge in [0.2, 0.25) is 0 Å². The molecule has 0 saturated carbocycles. The van der Waals surface area contributed by atoms with Crippen LogP contribution in [0.25, 0.3) is 6.08 Å². The van der Waals surface area contributed by atoms with Crippen molar-refractivity contribution in [2.24, 2.45) is 0 Å². The molecule has 0 spiro atoms. The van der Waals surface area contributed by atoms with Crippen molar-refractivity contribution in [1.82, 2.24) is 0 Å². The molecule has 27 heavy (non-hydrogen) atoms. The van der Waals surface area contributed by atoms with Crippen LogP contribution in [0.4, 0.5) is 5.69 Å². The molecule has 6 nitrogen and oxygen atoms in total. The van der Waals surface area contributed by atoms with Crippen molar-refractivity contribution >= 4 is 29.4 Å². The molecule has 0 aliphatic carbocycles. The lowest BCUT2D eigenvalue weighted by molar-refractivity contribution is -0.137. The van der Waals surface area contributed by atoms with Gasteiger partial charge in [0.15, 0.2) is 12.4 Å². The van der Waals surface area contributed by atoms with Crippen molar-refractivity contribution in [3.05, 3.63) is 65.7 Å². The number of ketones is 1. The van der Waals surface area contributed by atoms with Gasteiger partial charge in [-0.05, 0) is 61.9 Å². The van der Waals surface area contributed by atoms with E-state index < -0.39 is 5.97 Å². The number of rotatable bonds is 8. The standard InChI is InChI=1S/C21H21NO5/c1-3-26-21(25)13-6-16-4-9-18(10-5-16)22-20(24)14-27-19-11-7-17(8-12-19)15(2)23/h4-13H,3,14H2,1-2H3,(H,22,24)/b13-6+. The number of hydrogen-bond donors (Lipinski definition) is 1. The highest BCUT2D eigenvalue weighted by Crippen LogP contribution is 2.14. The Hall–Kier alpha value is -3.41. The van der Waals surface area contributed by atoms with Gasteiger partial charge in [-0.1, -0.05) is 12.1 Å². The molecule has 0 radical (unpaired) electrons. The number of benzene rings is 2. The average molecular weight is 367 g/mol. The molecule has 0 aliphatic rings. The normalized spacial score (nSPS) is 10.4. The molecular weight excluding hydrogens is 346 g/mol. The highest BCUT2D eigenvalue weighted by atomic mass is 16.5. The van der Waals surface area contributed by atoms with E-state index in [0.717, 1.165) is 5.56 Å². The molecule has 2 aromatic rings. The monoisotopic (exact) mass is 367 g/mol. The van der Waals surface area contributed by atoms with Crippen LogP contribution in [0.15, 0.2) is 54.6 Å². The van der Waals surface area contributed by atoms with Crippen LogP contribution in [0, 0.1) is 0 Å². The van der Waals surface area contributed by atoms with E-state index in [1.807, 2.05) is 0 Å². The third-order valence-corrected chi connectivity index (χ3v) is 3.52. The zero-order valence-electron chi connectivity index (χ0n) is 15.2. The van der Waals surface area contributed by atoms with Gasteiger partial charge < -0.3 is 14.8 Å². The van der Waals surface area contributed by atoms with Crippen LogP contribution in [0.5, 0.6) is 5.75 Å². The molecule has 1 amide bonds. The fourth-order valence-corrected chi connectivity index (χ4v) is 2.16. The van der Waals surface area contributed by atoms with Gasteiger partial charge in [0.1, 0.15) is 5.75 Å². The molecule has 0 bridgehead atoms. The Morgan fingerprint density at radius 2 is 1.67 bits per heavy atom. The number of anilines is 1. The fraction of sp³-hybridized carbons (Fsp3) is 0.190. The molecule has 0 atom stereocenters. The first-order chi connectivity index (χ1) is 13.0. The van der Waals surface area contributed by atoms with Crippen molar-refractivity contribution in [2.75, 3.05) is 18.5 Å². The van der Waals surface area contributed by atoms with Crippen LogP contribution in [0.3, 0.4) is 0 Å². The Kier molecular flexibility index (Phi) is 7.31. The van der Waals surface area contributed by atoms with E-state index in [9.17, 15) is 14.4 Å². The Morgan fingerprint density at radius 3 is 2.26 bits per heavy atom. The average Bonchev–Trinajstić information content (AvgIpc) is 2.66. The molecule has 140 valence electrons. The van der Waals surface area contributed by atoms with E-state index >= 15 is 0 Å². The number of carbonyl (C=O) groups is 3. The number of amides is 1. The Labute approximate surface area is 157 Å². The summed E-state index contributed by atoms with van der Waals surface area (Å²) in [7, 11) is 0. The summed E-state index contributed by atoms with van der Waals surface area (Å²) in [6.45, 7) is 3.41. The van der Waals surface area contributed by atoms with Gasteiger partial charge in [0.25, 0.3) is 5.91 Å². The van der Waals surface area contributed by atoms with E-state index in [0.29, 0.717) is 23.6 Å². The maximum atomic E-state index is 12.0. The maximum Gasteiger partial charge on any atom is 0.330 e. The van der Waals surface area contributed by atoms with E-state index in [1.165, 1.54) is 13.0 Å². The van der Waals surface area contributed by atoms with Gasteiger partial charge in [0, 0.05) is 17.3 Å². The Bertz CT molecular complexity index is 823. The summed E-state index contributed by atoms with van der Waals surface area (Å²) >= 11 is 0. The van der Waals surface area contributed by atoms with Crippen molar-refractivity contribution in [1.29, 1.82) is 0 Å². The minimum Gasteiger partial charge on any atom is -0.484 e. The second kappa shape index (κ2) is 9.91. The van der Waals surface area contributed by atoms with E-state index in [4.69, 9.17) is 9.47 Å². The molecule has 0 saturated heterocycles. The predicted octanol–water partition coefficient (Wildman–Crippen LogP) is 3.48. The molecule has 0 aromatic heterocycles. The third kappa shape index (κ3) is 6.78. The fourth-order valence-electron chi connectivity index (χ4n) is 2.16. The largest absolute Gasteiger partial charge is 0.484 e. The molecule has 0 unspecified atom stereocenters. The topological polar surface area (TPSA) is 81.7 Å². The van der Waals surface area contributed by atoms with Gasteiger partial charge >= 0.3 is 5.97 Å². The zero-order chi connectivity index (χ0) is 19.6. The quantitative estimate of drug-likeness (QED) is 0.439. The van der Waals surface area contributed by atoms with E-state index in [2.05, 4.69) is 5.32 Å². The second-order valence-corrected chi connectivity index (χ2v) is 5.62. The van der Waals surface area contributed by atoms with Crippen LogP contribution >= 0.6 is 0 Å². The van der Waals surface area contributed by atoms with Crippen molar-refractivity contribution in [3.63, 3.8) is 0 Å². The summed E-state index contributed by atoms with van der Waals surface area (Å²) in [4.78, 5) is 34.5. The lowest BCUT2D eigenvalue weighted by Gasteiger charge is -2.08. The van der Waals surface area contributed by atoms with E-state index in [-0.39, 0.29) is 18.3 Å². The van der Waals surface area contributed by atoms with Crippen LogP contribution in [-0.4, -0.2) is 30.9 Å². The smallest absolute Gasteiger partial charge is 0.330 e. The summed E-state index contributed by atoms with van der Waals surface area (Å²) in [5.74, 6) is -0.224. The number of carbonyl (C=O) groups excluding carboxylic acids is 3. The van der Waals surface area contributed by atoms with E-state index in [1.54, 1.807) is 61.5 Å². The number of Topliss-reactive ketones (excluding diaryl/α,β-unsaturated/α-hetero) is 1. The summed E-state index contributed by atoms with van der Waals surface area (Å²) in [5.41, 5.74) is 2.01. The highest BCUT2D eigenvalue weighted by Gasteiger charge is 2.05. The first-order valence-electron chi connectivity index (χ1n) is 8.46. The number of esters is 1. The van der Waals surface area contributed by atoms with Crippen LogP contribution in [0.1, 0.15) is 29.8 Å². The van der Waals surface area contributed by atoms with Crippen LogP contribution < -0.4 is 10.1 Å².